The van der Waals surface area contributed by atoms with E-state index in [4.69, 9.17) is 9.26 Å². The maximum Gasteiger partial charge on any atom is 0.243 e. The molecule has 0 aliphatic carbocycles. The fourth-order valence-electron chi connectivity index (χ4n) is 2.65. The Kier molecular flexibility index (Phi) is 6.41. The van der Waals surface area contributed by atoms with Gasteiger partial charge in [-0.15, -0.1) is 11.3 Å². The molecule has 0 amide bonds. The van der Waals surface area contributed by atoms with E-state index in [0.717, 1.165) is 29.5 Å². The topological polar surface area (TPSA) is 76.3 Å². The normalized spacial score (nSPS) is 12.1. The van der Waals surface area contributed by atoms with Crippen LogP contribution < -0.4 is 15.0 Å². The third kappa shape index (κ3) is 4.64. The van der Waals surface area contributed by atoms with Crippen LogP contribution >= 0.6 is 11.3 Å². The Morgan fingerprint density at radius 1 is 1.30 bits per heavy atom. The number of rotatable bonds is 9. The van der Waals surface area contributed by atoms with E-state index in [9.17, 15) is 0 Å². The monoisotopic (exact) mass is 387 g/mol. The van der Waals surface area contributed by atoms with Gasteiger partial charge in [0.25, 0.3) is 0 Å². The van der Waals surface area contributed by atoms with Gasteiger partial charge in [0.05, 0.1) is 13.2 Å². The molecule has 3 rings (SSSR count). The predicted octanol–water partition coefficient (Wildman–Crippen LogP) is 3.90. The molecule has 2 aromatic heterocycles. The maximum absolute atomic E-state index is 5.44. The van der Waals surface area contributed by atoms with Gasteiger partial charge in [0.15, 0.2) is 5.13 Å². The molecule has 0 radical (unpaired) electrons. The van der Waals surface area contributed by atoms with Crippen LogP contribution in [-0.2, 0) is 6.54 Å². The van der Waals surface area contributed by atoms with E-state index in [1.807, 2.05) is 37.4 Å². The van der Waals surface area contributed by atoms with Gasteiger partial charge in [-0.1, -0.05) is 17.3 Å². The Balaban J connectivity index is 1.62. The van der Waals surface area contributed by atoms with Crippen molar-refractivity contribution in [3.8, 4) is 17.1 Å². The van der Waals surface area contributed by atoms with Crippen LogP contribution in [0.25, 0.3) is 11.4 Å². The van der Waals surface area contributed by atoms with Gasteiger partial charge < -0.3 is 19.5 Å². The SMILES string of the molecule is CCN(CC)c1ncc(CNC(C)c2nc(-c3cccc(OC)c3)no2)s1. The van der Waals surface area contributed by atoms with Crippen LogP contribution in [0.4, 0.5) is 5.13 Å². The molecule has 144 valence electrons. The number of hydrogen-bond acceptors (Lipinski definition) is 8. The molecular formula is C19H25N5O2S. The summed E-state index contributed by atoms with van der Waals surface area (Å²) in [6.07, 6.45) is 1.92. The molecule has 27 heavy (non-hydrogen) atoms. The molecule has 0 bridgehead atoms. The van der Waals surface area contributed by atoms with Gasteiger partial charge in [-0.25, -0.2) is 4.98 Å². The summed E-state index contributed by atoms with van der Waals surface area (Å²) in [5.74, 6) is 1.87. The van der Waals surface area contributed by atoms with Gasteiger partial charge in [-0.3, -0.25) is 0 Å². The average molecular weight is 388 g/mol. The van der Waals surface area contributed by atoms with E-state index in [2.05, 4.69) is 39.2 Å². The first kappa shape index (κ1) is 19.3. The number of benzene rings is 1. The van der Waals surface area contributed by atoms with Crippen LogP contribution in [0.1, 0.15) is 37.6 Å². The van der Waals surface area contributed by atoms with Crippen LogP contribution in [0.15, 0.2) is 35.0 Å². The fourth-order valence-corrected chi connectivity index (χ4v) is 3.64. The Morgan fingerprint density at radius 2 is 2.11 bits per heavy atom. The first-order chi connectivity index (χ1) is 13.1. The van der Waals surface area contributed by atoms with E-state index < -0.39 is 0 Å². The number of thiazole rings is 1. The van der Waals surface area contributed by atoms with E-state index in [0.29, 0.717) is 18.3 Å². The van der Waals surface area contributed by atoms with Crippen molar-refractivity contribution in [3.05, 3.63) is 41.2 Å². The lowest BCUT2D eigenvalue weighted by molar-refractivity contribution is 0.339. The molecule has 0 aliphatic heterocycles. The van der Waals surface area contributed by atoms with E-state index >= 15 is 0 Å². The van der Waals surface area contributed by atoms with Crippen molar-refractivity contribution in [2.24, 2.45) is 0 Å². The number of methoxy groups -OCH3 is 1. The third-order valence-electron chi connectivity index (χ3n) is 4.30. The highest BCUT2D eigenvalue weighted by Crippen LogP contribution is 2.24. The first-order valence-corrected chi connectivity index (χ1v) is 9.87. The van der Waals surface area contributed by atoms with Crippen molar-refractivity contribution >= 4 is 16.5 Å². The molecule has 0 saturated carbocycles. The minimum absolute atomic E-state index is 0.0594. The molecule has 0 saturated heterocycles. The van der Waals surface area contributed by atoms with Crippen LogP contribution in [-0.4, -0.2) is 35.3 Å². The summed E-state index contributed by atoms with van der Waals surface area (Å²) < 4.78 is 10.7. The van der Waals surface area contributed by atoms with Crippen LogP contribution in [0.2, 0.25) is 0 Å². The van der Waals surface area contributed by atoms with Gasteiger partial charge in [0, 0.05) is 36.3 Å². The zero-order valence-electron chi connectivity index (χ0n) is 16.1. The molecule has 7 nitrogen and oxygen atoms in total. The van der Waals surface area contributed by atoms with Crippen LogP contribution in [0.5, 0.6) is 5.75 Å². The molecule has 2 heterocycles. The summed E-state index contributed by atoms with van der Waals surface area (Å²) in [5, 5.41) is 8.57. The summed E-state index contributed by atoms with van der Waals surface area (Å²) >= 11 is 1.71. The maximum atomic E-state index is 5.44. The molecule has 1 aromatic carbocycles. The molecule has 1 atom stereocenters. The number of ether oxygens (including phenoxy) is 1. The molecule has 0 fully saturated rings. The average Bonchev–Trinajstić information content (AvgIpc) is 3.37. The fraction of sp³-hybridized carbons (Fsp3) is 0.421. The van der Waals surface area contributed by atoms with Crippen molar-refractivity contribution in [3.63, 3.8) is 0 Å². The minimum Gasteiger partial charge on any atom is -0.497 e. The van der Waals surface area contributed by atoms with Gasteiger partial charge in [-0.05, 0) is 32.9 Å². The standard InChI is InChI=1S/C19H25N5O2S/c1-5-24(6-2)19-21-12-16(27-19)11-20-13(3)18-22-17(23-26-18)14-8-7-9-15(10-14)25-4/h7-10,12-13,20H,5-6,11H2,1-4H3. The third-order valence-corrected chi connectivity index (χ3v) is 5.36. The number of hydrogen-bond donors (Lipinski definition) is 1. The van der Waals surface area contributed by atoms with E-state index in [-0.39, 0.29) is 6.04 Å². The second-order valence-electron chi connectivity index (χ2n) is 6.07. The van der Waals surface area contributed by atoms with Gasteiger partial charge >= 0.3 is 0 Å². The van der Waals surface area contributed by atoms with Gasteiger partial charge in [0.1, 0.15) is 5.75 Å². The van der Waals surface area contributed by atoms with E-state index in [1.165, 1.54) is 4.88 Å². The lowest BCUT2D eigenvalue weighted by Crippen LogP contribution is -2.21. The molecule has 0 aliphatic rings. The van der Waals surface area contributed by atoms with E-state index in [1.54, 1.807) is 18.4 Å². The summed E-state index contributed by atoms with van der Waals surface area (Å²) in [7, 11) is 1.64. The molecular weight excluding hydrogens is 362 g/mol. The van der Waals surface area contributed by atoms with Crippen LogP contribution in [0.3, 0.4) is 0 Å². The first-order valence-electron chi connectivity index (χ1n) is 9.05. The molecule has 0 spiro atoms. The molecule has 1 unspecified atom stereocenters. The van der Waals surface area contributed by atoms with Crippen molar-refractivity contribution < 1.29 is 9.26 Å². The largest absolute Gasteiger partial charge is 0.497 e. The second-order valence-corrected chi connectivity index (χ2v) is 7.17. The Hall–Kier alpha value is -2.45. The predicted molar refractivity (Wildman–Crippen MR) is 107 cm³/mol. The zero-order chi connectivity index (χ0) is 19.2. The summed E-state index contributed by atoms with van der Waals surface area (Å²) in [6, 6.07) is 7.55. The van der Waals surface area contributed by atoms with Crippen molar-refractivity contribution in [1.29, 1.82) is 0 Å². The Labute approximate surface area is 163 Å². The number of anilines is 1. The highest BCUT2D eigenvalue weighted by atomic mass is 32.1. The Bertz CT molecular complexity index is 859. The Morgan fingerprint density at radius 3 is 2.85 bits per heavy atom. The van der Waals surface area contributed by atoms with Crippen molar-refractivity contribution in [2.75, 3.05) is 25.1 Å². The summed E-state index contributed by atoms with van der Waals surface area (Å²) in [6.45, 7) is 8.91. The van der Waals surface area contributed by atoms with Gasteiger partial charge in [0.2, 0.25) is 11.7 Å². The lowest BCUT2D eigenvalue weighted by atomic mass is 10.2. The minimum atomic E-state index is -0.0594. The molecule has 3 aromatic rings. The lowest BCUT2D eigenvalue weighted by Gasteiger charge is -2.16. The van der Waals surface area contributed by atoms with Crippen molar-refractivity contribution in [2.45, 2.75) is 33.4 Å². The zero-order valence-corrected chi connectivity index (χ0v) is 16.9. The summed E-state index contributed by atoms with van der Waals surface area (Å²) in [5.41, 5.74) is 0.864. The number of aromatic nitrogens is 3. The highest BCUT2D eigenvalue weighted by Gasteiger charge is 2.16. The summed E-state index contributed by atoms with van der Waals surface area (Å²) in [4.78, 5) is 12.4. The smallest absolute Gasteiger partial charge is 0.243 e. The number of nitrogens with zero attached hydrogens (tertiary/aromatic N) is 4. The van der Waals surface area contributed by atoms with Gasteiger partial charge in [-0.2, -0.15) is 4.98 Å². The van der Waals surface area contributed by atoms with Crippen molar-refractivity contribution in [1.82, 2.24) is 20.4 Å². The quantitative estimate of drug-likeness (QED) is 0.597. The highest BCUT2D eigenvalue weighted by molar-refractivity contribution is 7.15. The number of nitrogens with one attached hydrogen (secondary N) is 1. The second kappa shape index (κ2) is 8.96. The molecule has 8 heteroatoms. The molecule has 1 N–H and O–H groups in total. The van der Waals surface area contributed by atoms with Crippen LogP contribution in [0, 0.1) is 0 Å².